The van der Waals surface area contributed by atoms with Crippen LogP contribution in [-0.4, -0.2) is 35.9 Å². The third-order valence-corrected chi connectivity index (χ3v) is 4.84. The molecule has 2 amide bonds. The molecule has 0 saturated heterocycles. The van der Waals surface area contributed by atoms with Gasteiger partial charge in [0.25, 0.3) is 5.91 Å². The van der Waals surface area contributed by atoms with Gasteiger partial charge < -0.3 is 15.0 Å². The van der Waals surface area contributed by atoms with Crippen LogP contribution in [0.15, 0.2) is 53.0 Å². The molecule has 1 N–H and O–H groups in total. The van der Waals surface area contributed by atoms with Crippen molar-refractivity contribution in [1.29, 1.82) is 0 Å². The van der Waals surface area contributed by atoms with E-state index in [4.69, 9.17) is 4.74 Å². The fraction of sp³-hybridized carbons (Fsp3) is 0.364. The Morgan fingerprint density at radius 1 is 1.18 bits per heavy atom. The Hall–Kier alpha value is -2.34. The molecule has 0 heterocycles. The lowest BCUT2D eigenvalue weighted by Crippen LogP contribution is -2.49. The van der Waals surface area contributed by atoms with Gasteiger partial charge >= 0.3 is 0 Å². The maximum absolute atomic E-state index is 12.9. The van der Waals surface area contributed by atoms with Crippen molar-refractivity contribution in [3.8, 4) is 5.75 Å². The Morgan fingerprint density at radius 2 is 1.89 bits per heavy atom. The summed E-state index contributed by atoms with van der Waals surface area (Å²) in [4.78, 5) is 26.9. The number of carbonyl (C=O) groups is 2. The molecule has 6 heteroatoms. The summed E-state index contributed by atoms with van der Waals surface area (Å²) in [5.41, 5.74) is 2.06. The van der Waals surface area contributed by atoms with Gasteiger partial charge in [-0.3, -0.25) is 9.59 Å². The highest BCUT2D eigenvalue weighted by atomic mass is 79.9. The minimum Gasteiger partial charge on any atom is -0.484 e. The number of nitrogens with one attached hydrogen (secondary N) is 1. The van der Waals surface area contributed by atoms with Gasteiger partial charge in [-0.1, -0.05) is 52.7 Å². The third kappa shape index (κ3) is 6.68. The summed E-state index contributed by atoms with van der Waals surface area (Å²) in [7, 11) is 0. The topological polar surface area (TPSA) is 58.6 Å². The Kier molecular flexibility index (Phi) is 8.51. The molecule has 2 aromatic rings. The van der Waals surface area contributed by atoms with Gasteiger partial charge in [-0.05, 0) is 50.1 Å². The maximum atomic E-state index is 12.9. The largest absolute Gasteiger partial charge is 0.484 e. The van der Waals surface area contributed by atoms with Crippen molar-refractivity contribution in [2.24, 2.45) is 0 Å². The van der Waals surface area contributed by atoms with Crippen molar-refractivity contribution in [3.63, 3.8) is 0 Å². The Balaban J connectivity index is 2.12. The zero-order valence-electron chi connectivity index (χ0n) is 16.6. The number of carbonyl (C=O) groups excluding carboxylic acids is 2. The predicted molar refractivity (Wildman–Crippen MR) is 114 cm³/mol. The van der Waals surface area contributed by atoms with Crippen LogP contribution in [0.2, 0.25) is 0 Å². The molecule has 150 valence electrons. The van der Waals surface area contributed by atoms with E-state index in [1.54, 1.807) is 11.8 Å². The summed E-state index contributed by atoms with van der Waals surface area (Å²) in [6.07, 6.45) is 0.842. The predicted octanol–water partition coefficient (Wildman–Crippen LogP) is 4.08. The van der Waals surface area contributed by atoms with E-state index in [-0.39, 0.29) is 18.4 Å². The van der Waals surface area contributed by atoms with Crippen LogP contribution >= 0.6 is 15.9 Å². The van der Waals surface area contributed by atoms with E-state index >= 15 is 0 Å². The van der Waals surface area contributed by atoms with E-state index in [9.17, 15) is 9.59 Å². The van der Waals surface area contributed by atoms with Gasteiger partial charge in [-0.25, -0.2) is 0 Å². The van der Waals surface area contributed by atoms with Crippen molar-refractivity contribution in [3.05, 3.63) is 64.1 Å². The highest BCUT2D eigenvalue weighted by Gasteiger charge is 2.26. The first kappa shape index (κ1) is 22.0. The van der Waals surface area contributed by atoms with Crippen molar-refractivity contribution < 1.29 is 14.3 Å². The number of halogens is 1. The Labute approximate surface area is 175 Å². The fourth-order valence-corrected chi connectivity index (χ4v) is 3.12. The highest BCUT2D eigenvalue weighted by molar-refractivity contribution is 9.10. The second kappa shape index (κ2) is 10.9. The first-order valence-electron chi connectivity index (χ1n) is 9.41. The second-order valence-corrected chi connectivity index (χ2v) is 7.64. The van der Waals surface area contributed by atoms with Crippen LogP contribution < -0.4 is 10.1 Å². The molecule has 1 atom stereocenters. The summed E-state index contributed by atoms with van der Waals surface area (Å²) in [5.74, 6) is 0.227. The van der Waals surface area contributed by atoms with Crippen LogP contribution in [0.4, 0.5) is 0 Å². The summed E-state index contributed by atoms with van der Waals surface area (Å²) in [6, 6.07) is 14.6. The number of hydrogen-bond acceptors (Lipinski definition) is 3. The number of rotatable bonds is 9. The maximum Gasteiger partial charge on any atom is 0.261 e. The average Bonchev–Trinajstić information content (AvgIpc) is 2.69. The minimum absolute atomic E-state index is 0.123. The summed E-state index contributed by atoms with van der Waals surface area (Å²) in [6.45, 7) is 6.52. The lowest BCUT2D eigenvalue weighted by molar-refractivity contribution is -0.142. The molecule has 0 aliphatic rings. The number of nitrogens with zero attached hydrogens (tertiary/aromatic N) is 1. The SMILES string of the molecule is CCCNC(=O)[C@@H](C)N(Cc1cccc(Br)c1)C(=O)COc1ccc(C)cc1. The normalized spacial score (nSPS) is 11.6. The van der Waals surface area contributed by atoms with Crippen molar-refractivity contribution in [1.82, 2.24) is 10.2 Å². The van der Waals surface area contributed by atoms with E-state index in [0.29, 0.717) is 18.8 Å². The Morgan fingerprint density at radius 3 is 2.54 bits per heavy atom. The molecule has 0 aromatic heterocycles. The van der Waals surface area contributed by atoms with E-state index < -0.39 is 6.04 Å². The minimum atomic E-state index is -0.598. The lowest BCUT2D eigenvalue weighted by Gasteiger charge is -2.28. The van der Waals surface area contributed by atoms with Crippen molar-refractivity contribution in [2.45, 2.75) is 39.8 Å². The van der Waals surface area contributed by atoms with Crippen LogP contribution in [0.3, 0.4) is 0 Å². The highest BCUT2D eigenvalue weighted by Crippen LogP contribution is 2.16. The van der Waals surface area contributed by atoms with Crippen LogP contribution in [0.1, 0.15) is 31.4 Å². The molecule has 0 bridgehead atoms. The number of benzene rings is 2. The van der Waals surface area contributed by atoms with Gasteiger partial charge in [-0.2, -0.15) is 0 Å². The molecule has 2 rings (SSSR count). The second-order valence-electron chi connectivity index (χ2n) is 6.72. The van der Waals surface area contributed by atoms with E-state index in [0.717, 1.165) is 22.0 Å². The molecule has 0 spiro atoms. The molecular weight excluding hydrogens is 420 g/mol. The van der Waals surface area contributed by atoms with Crippen LogP contribution in [0.5, 0.6) is 5.75 Å². The Bertz CT molecular complexity index is 793. The third-order valence-electron chi connectivity index (χ3n) is 4.34. The first-order chi connectivity index (χ1) is 13.4. The van der Waals surface area contributed by atoms with Gasteiger partial charge in [0.1, 0.15) is 11.8 Å². The first-order valence-corrected chi connectivity index (χ1v) is 10.2. The van der Waals surface area contributed by atoms with Crippen LogP contribution in [0.25, 0.3) is 0 Å². The van der Waals surface area contributed by atoms with Crippen molar-refractivity contribution >= 4 is 27.7 Å². The van der Waals surface area contributed by atoms with Gasteiger partial charge in [0.2, 0.25) is 5.91 Å². The monoisotopic (exact) mass is 446 g/mol. The molecular formula is C22H27BrN2O3. The average molecular weight is 447 g/mol. The molecule has 28 heavy (non-hydrogen) atoms. The summed E-state index contributed by atoms with van der Waals surface area (Å²) < 4.78 is 6.57. The van der Waals surface area contributed by atoms with E-state index in [1.165, 1.54) is 0 Å². The molecule has 0 saturated carbocycles. The lowest BCUT2D eigenvalue weighted by atomic mass is 10.1. The fourth-order valence-electron chi connectivity index (χ4n) is 2.67. The van der Waals surface area contributed by atoms with E-state index in [2.05, 4.69) is 21.2 Å². The van der Waals surface area contributed by atoms with Gasteiger partial charge in [0.05, 0.1) is 0 Å². The number of aryl methyl sites for hydroxylation is 1. The number of ether oxygens (including phenoxy) is 1. The molecule has 0 aliphatic heterocycles. The number of hydrogen-bond donors (Lipinski definition) is 1. The molecule has 0 aliphatic carbocycles. The molecule has 0 fully saturated rings. The quantitative estimate of drug-likeness (QED) is 0.630. The van der Waals surface area contributed by atoms with Crippen LogP contribution in [-0.2, 0) is 16.1 Å². The molecule has 0 unspecified atom stereocenters. The molecule has 2 aromatic carbocycles. The zero-order chi connectivity index (χ0) is 20.5. The smallest absolute Gasteiger partial charge is 0.261 e. The van der Waals surface area contributed by atoms with Gasteiger partial charge in [0.15, 0.2) is 6.61 Å². The van der Waals surface area contributed by atoms with Crippen molar-refractivity contribution in [2.75, 3.05) is 13.2 Å². The van der Waals surface area contributed by atoms with Crippen LogP contribution in [0, 0.1) is 6.92 Å². The van der Waals surface area contributed by atoms with E-state index in [1.807, 2.05) is 62.4 Å². The summed E-state index contributed by atoms with van der Waals surface area (Å²) in [5, 5.41) is 2.86. The standard InChI is InChI=1S/C22H27BrN2O3/c1-4-12-24-22(27)17(3)25(14-18-6-5-7-19(23)13-18)21(26)15-28-20-10-8-16(2)9-11-20/h5-11,13,17H,4,12,14-15H2,1-3H3,(H,24,27)/t17-/m1/s1. The molecule has 5 nitrogen and oxygen atoms in total. The van der Waals surface area contributed by atoms with Gasteiger partial charge in [-0.15, -0.1) is 0 Å². The molecule has 0 radical (unpaired) electrons. The van der Waals surface area contributed by atoms with Gasteiger partial charge in [0, 0.05) is 17.6 Å². The summed E-state index contributed by atoms with van der Waals surface area (Å²) >= 11 is 3.45. The number of amides is 2. The zero-order valence-corrected chi connectivity index (χ0v) is 18.2.